The summed E-state index contributed by atoms with van der Waals surface area (Å²) in [5.74, 6) is -0.427. The SMILES string of the molecule is CN=C(NCCc1cc(F)cc(F)c1)N(C)Cc1cc(Cl)cn1C. The summed E-state index contributed by atoms with van der Waals surface area (Å²) in [6, 6.07) is 5.45. The van der Waals surface area contributed by atoms with Crippen molar-refractivity contribution < 1.29 is 8.78 Å². The van der Waals surface area contributed by atoms with Gasteiger partial charge in [-0.1, -0.05) is 11.6 Å². The van der Waals surface area contributed by atoms with Crippen LogP contribution in [0.1, 0.15) is 11.3 Å². The van der Waals surface area contributed by atoms with Gasteiger partial charge in [-0.2, -0.15) is 0 Å². The summed E-state index contributed by atoms with van der Waals surface area (Å²) in [7, 11) is 5.54. The molecule has 7 heteroatoms. The van der Waals surface area contributed by atoms with E-state index in [1.54, 1.807) is 7.05 Å². The molecule has 0 bridgehead atoms. The summed E-state index contributed by atoms with van der Waals surface area (Å²) in [6.45, 7) is 1.16. The summed E-state index contributed by atoms with van der Waals surface area (Å²) in [6.07, 6.45) is 2.34. The molecule has 1 aromatic carbocycles. The molecule has 0 aliphatic carbocycles. The minimum absolute atomic E-state index is 0.498. The Morgan fingerprint density at radius 2 is 1.92 bits per heavy atom. The molecule has 0 spiro atoms. The molecule has 1 aromatic heterocycles. The van der Waals surface area contributed by atoms with E-state index >= 15 is 0 Å². The van der Waals surface area contributed by atoms with E-state index in [9.17, 15) is 8.78 Å². The predicted molar refractivity (Wildman–Crippen MR) is 93.3 cm³/mol. The van der Waals surface area contributed by atoms with E-state index in [1.165, 1.54) is 12.1 Å². The topological polar surface area (TPSA) is 32.6 Å². The number of aliphatic imine (C=N–C) groups is 1. The van der Waals surface area contributed by atoms with Crippen LogP contribution in [0, 0.1) is 11.6 Å². The first-order chi connectivity index (χ1) is 11.4. The van der Waals surface area contributed by atoms with Gasteiger partial charge >= 0.3 is 0 Å². The number of benzene rings is 1. The van der Waals surface area contributed by atoms with E-state index in [0.29, 0.717) is 36.1 Å². The van der Waals surface area contributed by atoms with E-state index in [0.717, 1.165) is 11.8 Å². The molecule has 0 unspecified atom stereocenters. The fourth-order valence-corrected chi connectivity index (χ4v) is 2.77. The molecule has 4 nitrogen and oxygen atoms in total. The van der Waals surface area contributed by atoms with Crippen LogP contribution in [0.15, 0.2) is 35.5 Å². The maximum Gasteiger partial charge on any atom is 0.193 e. The molecule has 0 aliphatic rings. The van der Waals surface area contributed by atoms with Crippen molar-refractivity contribution in [3.63, 3.8) is 0 Å². The van der Waals surface area contributed by atoms with E-state index in [-0.39, 0.29) is 0 Å². The molecule has 24 heavy (non-hydrogen) atoms. The van der Waals surface area contributed by atoms with Crippen molar-refractivity contribution >= 4 is 17.6 Å². The lowest BCUT2D eigenvalue weighted by Crippen LogP contribution is -2.39. The lowest BCUT2D eigenvalue weighted by molar-refractivity contribution is 0.462. The highest BCUT2D eigenvalue weighted by atomic mass is 35.5. The molecule has 0 saturated heterocycles. The van der Waals surface area contributed by atoms with E-state index in [2.05, 4.69) is 10.3 Å². The maximum atomic E-state index is 13.2. The third-order valence-electron chi connectivity index (χ3n) is 3.67. The van der Waals surface area contributed by atoms with Gasteiger partial charge < -0.3 is 14.8 Å². The Morgan fingerprint density at radius 1 is 1.25 bits per heavy atom. The summed E-state index contributed by atoms with van der Waals surface area (Å²) in [4.78, 5) is 6.18. The van der Waals surface area contributed by atoms with Gasteiger partial charge in [0, 0.05) is 45.6 Å². The van der Waals surface area contributed by atoms with Gasteiger partial charge in [-0.05, 0) is 30.2 Å². The van der Waals surface area contributed by atoms with Gasteiger partial charge in [0.05, 0.1) is 11.6 Å². The van der Waals surface area contributed by atoms with E-state index < -0.39 is 11.6 Å². The molecule has 0 atom stereocenters. The molecule has 0 aliphatic heterocycles. The number of hydrogen-bond donors (Lipinski definition) is 1. The fourth-order valence-electron chi connectivity index (χ4n) is 2.50. The largest absolute Gasteiger partial charge is 0.356 e. The number of nitrogens with one attached hydrogen (secondary N) is 1. The summed E-state index contributed by atoms with van der Waals surface area (Å²) in [5, 5.41) is 3.88. The van der Waals surface area contributed by atoms with Gasteiger partial charge in [-0.3, -0.25) is 4.99 Å². The summed E-state index contributed by atoms with van der Waals surface area (Å²) < 4.78 is 28.3. The van der Waals surface area contributed by atoms with Crippen LogP contribution >= 0.6 is 11.6 Å². The highest BCUT2D eigenvalue weighted by molar-refractivity contribution is 6.30. The number of aromatic nitrogens is 1. The first-order valence-electron chi connectivity index (χ1n) is 7.56. The minimum Gasteiger partial charge on any atom is -0.356 e. The van der Waals surface area contributed by atoms with Gasteiger partial charge in [-0.15, -0.1) is 0 Å². The highest BCUT2D eigenvalue weighted by Gasteiger charge is 2.10. The third-order valence-corrected chi connectivity index (χ3v) is 3.87. The second-order valence-corrected chi connectivity index (χ2v) is 6.05. The summed E-state index contributed by atoms with van der Waals surface area (Å²) >= 11 is 5.99. The number of nitrogens with zero attached hydrogens (tertiary/aromatic N) is 3. The monoisotopic (exact) mass is 354 g/mol. The molecule has 1 heterocycles. The molecule has 0 radical (unpaired) electrons. The average Bonchev–Trinajstić information content (AvgIpc) is 2.80. The highest BCUT2D eigenvalue weighted by Crippen LogP contribution is 2.14. The van der Waals surface area contributed by atoms with Crippen molar-refractivity contribution in [2.24, 2.45) is 12.0 Å². The number of guanidine groups is 1. The minimum atomic E-state index is -0.563. The first-order valence-corrected chi connectivity index (χ1v) is 7.94. The Morgan fingerprint density at radius 3 is 2.46 bits per heavy atom. The maximum absolute atomic E-state index is 13.2. The lowest BCUT2D eigenvalue weighted by atomic mass is 10.1. The standard InChI is InChI=1S/C17H21ClF2N4/c1-21-17(24(3)11-16-8-13(18)10-23(16)2)22-5-4-12-6-14(19)9-15(20)7-12/h6-10H,4-5,11H2,1-3H3,(H,21,22). The van der Waals surface area contributed by atoms with Gasteiger partial charge in [0.25, 0.3) is 0 Å². The van der Waals surface area contributed by atoms with Gasteiger partial charge in [0.15, 0.2) is 5.96 Å². The molecule has 130 valence electrons. The Bertz CT molecular complexity index is 707. The van der Waals surface area contributed by atoms with E-state index in [4.69, 9.17) is 11.6 Å². The Kier molecular flexibility index (Phi) is 6.20. The average molecular weight is 355 g/mol. The van der Waals surface area contributed by atoms with E-state index in [1.807, 2.05) is 35.8 Å². The number of aryl methyl sites for hydroxylation is 1. The Hall–Kier alpha value is -2.08. The zero-order valence-corrected chi connectivity index (χ0v) is 14.7. The molecule has 0 fully saturated rings. The molecular weight excluding hydrogens is 334 g/mol. The molecule has 0 saturated carbocycles. The van der Waals surface area contributed by atoms with Crippen LogP contribution in [0.5, 0.6) is 0 Å². The molecular formula is C17H21ClF2N4. The van der Waals surface area contributed by atoms with Crippen molar-refractivity contribution in [1.29, 1.82) is 0 Å². The normalized spacial score (nSPS) is 11.7. The van der Waals surface area contributed by atoms with Crippen LogP contribution in [0.2, 0.25) is 5.02 Å². The zero-order chi connectivity index (χ0) is 17.7. The van der Waals surface area contributed by atoms with Crippen molar-refractivity contribution in [2.45, 2.75) is 13.0 Å². The van der Waals surface area contributed by atoms with Gasteiger partial charge in [0.2, 0.25) is 0 Å². The fraction of sp³-hybridized carbons (Fsp3) is 0.353. The van der Waals surface area contributed by atoms with Gasteiger partial charge in [-0.25, -0.2) is 8.78 Å². The second kappa shape index (κ2) is 8.15. The lowest BCUT2D eigenvalue weighted by Gasteiger charge is -2.22. The zero-order valence-electron chi connectivity index (χ0n) is 14.0. The predicted octanol–water partition coefficient (Wildman–Crippen LogP) is 3.21. The van der Waals surface area contributed by atoms with Crippen molar-refractivity contribution in [1.82, 2.24) is 14.8 Å². The number of hydrogen-bond acceptors (Lipinski definition) is 1. The van der Waals surface area contributed by atoms with Crippen LogP contribution < -0.4 is 5.32 Å². The molecule has 2 aromatic rings. The molecule has 2 rings (SSSR count). The van der Waals surface area contributed by atoms with Crippen molar-refractivity contribution in [3.05, 3.63) is 58.4 Å². The van der Waals surface area contributed by atoms with Crippen LogP contribution in [0.4, 0.5) is 8.78 Å². The summed E-state index contributed by atoms with van der Waals surface area (Å²) in [5.41, 5.74) is 1.66. The smallest absolute Gasteiger partial charge is 0.193 e. The molecule has 1 N–H and O–H groups in total. The van der Waals surface area contributed by atoms with Crippen LogP contribution in [0.25, 0.3) is 0 Å². The quantitative estimate of drug-likeness (QED) is 0.660. The molecule has 0 amide bonds. The Balaban J connectivity index is 1.90. The van der Waals surface area contributed by atoms with Gasteiger partial charge in [0.1, 0.15) is 11.6 Å². The number of rotatable bonds is 5. The van der Waals surface area contributed by atoms with Crippen LogP contribution in [0.3, 0.4) is 0 Å². The first kappa shape index (κ1) is 18.3. The Labute approximate surface area is 145 Å². The third kappa shape index (κ3) is 4.96. The van der Waals surface area contributed by atoms with Crippen molar-refractivity contribution in [3.8, 4) is 0 Å². The van der Waals surface area contributed by atoms with Crippen LogP contribution in [-0.4, -0.2) is 36.1 Å². The number of halogens is 3. The second-order valence-electron chi connectivity index (χ2n) is 5.62. The van der Waals surface area contributed by atoms with Crippen molar-refractivity contribution in [2.75, 3.05) is 20.6 Å². The van der Waals surface area contributed by atoms with Crippen LogP contribution in [-0.2, 0) is 20.0 Å².